The van der Waals surface area contributed by atoms with Gasteiger partial charge in [0.25, 0.3) is 0 Å². The molecule has 2 unspecified atom stereocenters. The number of hydrogen-bond acceptors (Lipinski definition) is 4. The maximum absolute atomic E-state index is 11.4. The molecular formula is C11H16O4. The number of carbonyl (C=O) groups excluding carboxylic acids is 1. The summed E-state index contributed by atoms with van der Waals surface area (Å²) in [5, 5.41) is 0. The molecule has 0 bridgehead atoms. The van der Waals surface area contributed by atoms with Gasteiger partial charge in [-0.2, -0.15) is 0 Å². The third-order valence-electron chi connectivity index (χ3n) is 2.45. The Hall–Kier alpha value is -1.29. The van der Waals surface area contributed by atoms with E-state index in [1.807, 2.05) is 0 Å². The zero-order valence-electron chi connectivity index (χ0n) is 9.44. The number of hydrogen-bond donors (Lipinski definition) is 0. The summed E-state index contributed by atoms with van der Waals surface area (Å²) in [4.78, 5) is 11.4. The fourth-order valence-electron chi connectivity index (χ4n) is 1.67. The molecule has 0 aromatic rings. The lowest BCUT2D eigenvalue weighted by Crippen LogP contribution is -2.32. The van der Waals surface area contributed by atoms with Crippen molar-refractivity contribution >= 4 is 5.78 Å². The predicted octanol–water partition coefficient (Wildman–Crippen LogP) is 1.28. The second kappa shape index (κ2) is 4.98. The van der Waals surface area contributed by atoms with Crippen molar-refractivity contribution in [2.75, 3.05) is 21.3 Å². The summed E-state index contributed by atoms with van der Waals surface area (Å²) < 4.78 is 15.6. The second-order valence-corrected chi connectivity index (χ2v) is 3.29. The molecule has 0 amide bonds. The average molecular weight is 212 g/mol. The van der Waals surface area contributed by atoms with Crippen LogP contribution in [0, 0.1) is 5.92 Å². The molecule has 0 saturated carbocycles. The van der Waals surface area contributed by atoms with Gasteiger partial charge in [0.1, 0.15) is 11.9 Å². The Kier molecular flexibility index (Phi) is 3.91. The van der Waals surface area contributed by atoms with Gasteiger partial charge in [-0.1, -0.05) is 6.08 Å². The van der Waals surface area contributed by atoms with Crippen molar-refractivity contribution in [3.8, 4) is 0 Å². The molecule has 0 aliphatic heterocycles. The molecule has 0 aromatic heterocycles. The fraction of sp³-hybridized carbons (Fsp3) is 0.545. The quantitative estimate of drug-likeness (QED) is 0.704. The highest BCUT2D eigenvalue weighted by atomic mass is 16.5. The van der Waals surface area contributed by atoms with Crippen LogP contribution in [0.15, 0.2) is 23.7 Å². The number of Topliss-reactive ketones (excluding diaryl/α,β-unsaturated/α-hetero) is 1. The van der Waals surface area contributed by atoms with Crippen molar-refractivity contribution < 1.29 is 19.0 Å². The van der Waals surface area contributed by atoms with Crippen LogP contribution in [0.5, 0.6) is 0 Å². The molecule has 1 aliphatic rings. The maximum atomic E-state index is 11.4. The number of ether oxygens (including phenoxy) is 3. The molecule has 4 heteroatoms. The lowest BCUT2D eigenvalue weighted by Gasteiger charge is -2.27. The van der Waals surface area contributed by atoms with E-state index < -0.39 is 6.10 Å². The number of methoxy groups -OCH3 is 3. The van der Waals surface area contributed by atoms with Gasteiger partial charge in [0, 0.05) is 7.11 Å². The monoisotopic (exact) mass is 212 g/mol. The van der Waals surface area contributed by atoms with Crippen LogP contribution >= 0.6 is 0 Å². The van der Waals surface area contributed by atoms with Gasteiger partial charge in [0.15, 0.2) is 11.5 Å². The molecular weight excluding hydrogens is 196 g/mol. The Morgan fingerprint density at radius 3 is 2.33 bits per heavy atom. The third-order valence-corrected chi connectivity index (χ3v) is 2.45. The zero-order chi connectivity index (χ0) is 11.4. The molecule has 4 nitrogen and oxygen atoms in total. The Morgan fingerprint density at radius 2 is 1.93 bits per heavy atom. The first-order valence-corrected chi connectivity index (χ1v) is 4.69. The normalized spacial score (nSPS) is 25.3. The molecule has 0 aromatic carbocycles. The smallest absolute Gasteiger partial charge is 0.167 e. The van der Waals surface area contributed by atoms with Crippen molar-refractivity contribution in [3.63, 3.8) is 0 Å². The predicted molar refractivity (Wildman–Crippen MR) is 55.2 cm³/mol. The fourth-order valence-corrected chi connectivity index (χ4v) is 1.67. The van der Waals surface area contributed by atoms with E-state index in [0.717, 1.165) is 0 Å². The summed E-state index contributed by atoms with van der Waals surface area (Å²) in [7, 11) is 4.64. The Balaban J connectivity index is 3.05. The highest BCUT2D eigenvalue weighted by molar-refractivity contribution is 5.81. The molecule has 0 spiro atoms. The SMILES string of the molecule is COC1=C(OC)C(OC)C(C(C)=O)C=C1. The number of ketones is 1. The highest BCUT2D eigenvalue weighted by Crippen LogP contribution is 2.27. The molecule has 2 atom stereocenters. The molecule has 1 aliphatic carbocycles. The van der Waals surface area contributed by atoms with Crippen molar-refractivity contribution in [2.45, 2.75) is 13.0 Å². The number of carbonyl (C=O) groups is 1. The van der Waals surface area contributed by atoms with E-state index in [0.29, 0.717) is 11.5 Å². The lowest BCUT2D eigenvalue weighted by atomic mass is 9.92. The van der Waals surface area contributed by atoms with Crippen LogP contribution in [0.4, 0.5) is 0 Å². The maximum Gasteiger partial charge on any atom is 0.167 e. The Bertz CT molecular complexity index is 304. The molecule has 15 heavy (non-hydrogen) atoms. The van der Waals surface area contributed by atoms with E-state index in [2.05, 4.69) is 0 Å². The average Bonchev–Trinajstić information content (AvgIpc) is 2.26. The first-order valence-electron chi connectivity index (χ1n) is 4.69. The van der Waals surface area contributed by atoms with E-state index in [1.54, 1.807) is 26.4 Å². The van der Waals surface area contributed by atoms with E-state index in [9.17, 15) is 4.79 Å². The van der Waals surface area contributed by atoms with Gasteiger partial charge >= 0.3 is 0 Å². The molecule has 0 fully saturated rings. The van der Waals surface area contributed by atoms with Crippen LogP contribution in [0.3, 0.4) is 0 Å². The van der Waals surface area contributed by atoms with Crippen molar-refractivity contribution in [1.82, 2.24) is 0 Å². The Labute approximate surface area is 89.5 Å². The van der Waals surface area contributed by atoms with Gasteiger partial charge in [0.05, 0.1) is 20.1 Å². The topological polar surface area (TPSA) is 44.8 Å². The van der Waals surface area contributed by atoms with E-state index >= 15 is 0 Å². The first-order chi connectivity index (χ1) is 7.15. The van der Waals surface area contributed by atoms with Crippen LogP contribution in [0.2, 0.25) is 0 Å². The van der Waals surface area contributed by atoms with Gasteiger partial charge in [-0.15, -0.1) is 0 Å². The van der Waals surface area contributed by atoms with Crippen LogP contribution < -0.4 is 0 Å². The van der Waals surface area contributed by atoms with Gasteiger partial charge in [0.2, 0.25) is 0 Å². The van der Waals surface area contributed by atoms with Gasteiger partial charge < -0.3 is 14.2 Å². The summed E-state index contributed by atoms with van der Waals surface area (Å²) in [5.74, 6) is 0.899. The zero-order valence-corrected chi connectivity index (χ0v) is 9.44. The van der Waals surface area contributed by atoms with E-state index in [1.165, 1.54) is 14.0 Å². The summed E-state index contributed by atoms with van der Waals surface area (Å²) in [6, 6.07) is 0. The van der Waals surface area contributed by atoms with Crippen LogP contribution in [0.25, 0.3) is 0 Å². The molecule has 1 rings (SSSR count). The minimum atomic E-state index is -0.396. The minimum absolute atomic E-state index is 0.0443. The van der Waals surface area contributed by atoms with E-state index in [4.69, 9.17) is 14.2 Å². The molecule has 84 valence electrons. The van der Waals surface area contributed by atoms with Gasteiger partial charge in [-0.25, -0.2) is 0 Å². The van der Waals surface area contributed by atoms with Crippen LogP contribution in [-0.4, -0.2) is 33.2 Å². The highest BCUT2D eigenvalue weighted by Gasteiger charge is 2.33. The second-order valence-electron chi connectivity index (χ2n) is 3.29. The summed E-state index contributed by atoms with van der Waals surface area (Å²) >= 11 is 0. The van der Waals surface area contributed by atoms with E-state index in [-0.39, 0.29) is 11.7 Å². The number of allylic oxidation sites excluding steroid dienone is 1. The van der Waals surface area contributed by atoms with Crippen molar-refractivity contribution in [1.29, 1.82) is 0 Å². The summed E-state index contributed by atoms with van der Waals surface area (Å²) in [6.45, 7) is 1.53. The van der Waals surface area contributed by atoms with Crippen molar-refractivity contribution in [2.24, 2.45) is 5.92 Å². The molecule has 0 heterocycles. The largest absolute Gasteiger partial charge is 0.494 e. The number of rotatable bonds is 4. The van der Waals surface area contributed by atoms with Gasteiger partial charge in [-0.05, 0) is 13.0 Å². The molecule has 0 N–H and O–H groups in total. The summed E-state index contributed by atoms with van der Waals surface area (Å²) in [5.41, 5.74) is 0. The minimum Gasteiger partial charge on any atom is -0.494 e. The third kappa shape index (κ3) is 2.21. The van der Waals surface area contributed by atoms with Crippen molar-refractivity contribution in [3.05, 3.63) is 23.7 Å². The van der Waals surface area contributed by atoms with Crippen LogP contribution in [-0.2, 0) is 19.0 Å². The van der Waals surface area contributed by atoms with Gasteiger partial charge in [-0.3, -0.25) is 4.79 Å². The molecule has 0 radical (unpaired) electrons. The summed E-state index contributed by atoms with van der Waals surface area (Å²) in [6.07, 6.45) is 3.12. The first kappa shape index (κ1) is 11.8. The standard InChI is InChI=1S/C11H16O4/c1-7(12)8-5-6-9(13-2)11(15-4)10(8)14-3/h5-6,8,10H,1-4H3. The van der Waals surface area contributed by atoms with Crippen LogP contribution in [0.1, 0.15) is 6.92 Å². The molecule has 0 saturated heterocycles. The lowest BCUT2D eigenvalue weighted by molar-refractivity contribution is -0.123. The Morgan fingerprint density at radius 1 is 1.27 bits per heavy atom.